The topological polar surface area (TPSA) is 96.2 Å². The summed E-state index contributed by atoms with van der Waals surface area (Å²) in [6.07, 6.45) is 1.53. The van der Waals surface area contributed by atoms with Crippen LogP contribution in [0.5, 0.6) is 0 Å². The molecule has 0 aliphatic carbocycles. The van der Waals surface area contributed by atoms with E-state index in [9.17, 15) is 13.2 Å². The van der Waals surface area contributed by atoms with Crippen LogP contribution in [0.25, 0.3) is 10.8 Å². The van der Waals surface area contributed by atoms with Gasteiger partial charge in [0.05, 0.1) is 30.6 Å². The van der Waals surface area contributed by atoms with Crippen molar-refractivity contribution in [2.24, 2.45) is 0 Å². The first-order valence-corrected chi connectivity index (χ1v) is 12.3. The first-order chi connectivity index (χ1) is 14.3. The first-order valence-electron chi connectivity index (χ1n) is 9.99. The minimum Gasteiger partial charge on any atom is -0.462 e. The molecule has 1 amide bonds. The highest BCUT2D eigenvalue weighted by Crippen LogP contribution is 2.24. The number of nitrogens with zero attached hydrogens (tertiary/aromatic N) is 4. The zero-order chi connectivity index (χ0) is 21.3. The second kappa shape index (κ2) is 8.75. The summed E-state index contributed by atoms with van der Waals surface area (Å²) in [7, 11) is -3.55. The van der Waals surface area contributed by atoms with Gasteiger partial charge in [-0.2, -0.15) is 17.0 Å². The summed E-state index contributed by atoms with van der Waals surface area (Å²) in [4.78, 5) is 18.9. The number of carbonyl (C=O) groups excluding carboxylic acids is 1. The lowest BCUT2D eigenvalue weighted by Gasteiger charge is -2.40. The highest BCUT2D eigenvalue weighted by molar-refractivity contribution is 7.86. The number of furan rings is 1. The molecule has 2 saturated heterocycles. The third-order valence-corrected chi connectivity index (χ3v) is 8.12. The molecule has 0 spiro atoms. The molecule has 2 atom stereocenters. The van der Waals surface area contributed by atoms with Crippen LogP contribution in [0.4, 0.5) is 0 Å². The smallest absolute Gasteiger partial charge is 0.282 e. The van der Waals surface area contributed by atoms with Crippen molar-refractivity contribution in [3.8, 4) is 10.8 Å². The van der Waals surface area contributed by atoms with Crippen LogP contribution in [0.1, 0.15) is 19.5 Å². The molecule has 0 saturated carbocycles. The average Bonchev–Trinajstić information content (AvgIpc) is 3.39. The summed E-state index contributed by atoms with van der Waals surface area (Å²) in [5.74, 6) is 0.640. The number of ether oxygens (including phenoxy) is 1. The van der Waals surface area contributed by atoms with E-state index in [-0.39, 0.29) is 24.5 Å². The number of rotatable bonds is 5. The Labute approximate surface area is 180 Å². The van der Waals surface area contributed by atoms with Crippen molar-refractivity contribution in [2.45, 2.75) is 32.5 Å². The van der Waals surface area contributed by atoms with E-state index in [1.54, 1.807) is 17.2 Å². The van der Waals surface area contributed by atoms with E-state index in [0.717, 1.165) is 5.01 Å². The summed E-state index contributed by atoms with van der Waals surface area (Å²) >= 11 is 1.44. The Morgan fingerprint density at radius 2 is 1.87 bits per heavy atom. The number of carbonyl (C=O) groups is 1. The molecule has 164 valence electrons. The zero-order valence-corrected chi connectivity index (χ0v) is 18.7. The third-order valence-electron chi connectivity index (χ3n) is 5.25. The molecule has 11 heteroatoms. The molecular weight excluding hydrogens is 428 g/mol. The molecule has 0 radical (unpaired) electrons. The van der Waals surface area contributed by atoms with E-state index in [1.807, 2.05) is 25.3 Å². The number of hydrogen-bond acceptors (Lipinski definition) is 7. The van der Waals surface area contributed by atoms with Gasteiger partial charge in [0.15, 0.2) is 10.8 Å². The molecule has 0 bridgehead atoms. The van der Waals surface area contributed by atoms with Crippen LogP contribution in [0.3, 0.4) is 0 Å². The van der Waals surface area contributed by atoms with Gasteiger partial charge in [-0.25, -0.2) is 4.98 Å². The molecule has 30 heavy (non-hydrogen) atoms. The molecule has 2 aliphatic heterocycles. The maximum absolute atomic E-state index is 13.0. The Hall–Kier alpha value is -1.79. The van der Waals surface area contributed by atoms with Crippen LogP contribution in [0.15, 0.2) is 28.2 Å². The number of thiazole rings is 1. The second-order valence-corrected chi connectivity index (χ2v) is 10.4. The molecule has 2 aliphatic rings. The maximum Gasteiger partial charge on any atom is 0.282 e. The van der Waals surface area contributed by atoms with Gasteiger partial charge in [0.1, 0.15) is 0 Å². The maximum atomic E-state index is 13.0. The van der Waals surface area contributed by atoms with Crippen LogP contribution in [-0.2, 0) is 26.2 Å². The molecule has 0 N–H and O–H groups in total. The fourth-order valence-corrected chi connectivity index (χ4v) is 6.35. The third kappa shape index (κ3) is 4.59. The molecule has 9 nitrogen and oxygen atoms in total. The van der Waals surface area contributed by atoms with Crippen LogP contribution < -0.4 is 0 Å². The second-order valence-electron chi connectivity index (χ2n) is 7.66. The van der Waals surface area contributed by atoms with Crippen LogP contribution in [0, 0.1) is 0 Å². The Morgan fingerprint density at radius 1 is 1.17 bits per heavy atom. The van der Waals surface area contributed by atoms with Gasteiger partial charge in [-0.1, -0.05) is 0 Å². The largest absolute Gasteiger partial charge is 0.462 e. The first kappa shape index (κ1) is 21.4. The summed E-state index contributed by atoms with van der Waals surface area (Å²) in [5.41, 5.74) is 0.697. The van der Waals surface area contributed by atoms with Gasteiger partial charge in [0.25, 0.3) is 10.2 Å². The summed E-state index contributed by atoms with van der Waals surface area (Å²) in [6.45, 7) is 5.81. The van der Waals surface area contributed by atoms with E-state index in [1.165, 1.54) is 19.9 Å². The fraction of sp³-hybridized carbons (Fsp3) is 0.579. The number of amides is 1. The van der Waals surface area contributed by atoms with E-state index in [2.05, 4.69) is 4.98 Å². The predicted octanol–water partition coefficient (Wildman–Crippen LogP) is 1.44. The molecule has 2 unspecified atom stereocenters. The predicted molar refractivity (Wildman–Crippen MR) is 112 cm³/mol. The minimum atomic E-state index is -3.55. The molecule has 2 fully saturated rings. The van der Waals surface area contributed by atoms with Gasteiger partial charge in [-0.05, 0) is 26.0 Å². The van der Waals surface area contributed by atoms with Crippen LogP contribution >= 0.6 is 11.3 Å². The molecule has 0 aromatic carbocycles. The number of aromatic nitrogens is 1. The number of hydrogen-bond donors (Lipinski definition) is 0. The Balaban J connectivity index is 1.32. The van der Waals surface area contributed by atoms with Crippen molar-refractivity contribution < 1.29 is 22.4 Å². The molecule has 4 heterocycles. The lowest BCUT2D eigenvalue weighted by molar-refractivity contribution is -0.131. The van der Waals surface area contributed by atoms with Crippen molar-refractivity contribution in [2.75, 3.05) is 39.3 Å². The van der Waals surface area contributed by atoms with Gasteiger partial charge in [0, 0.05) is 44.6 Å². The van der Waals surface area contributed by atoms with Crippen molar-refractivity contribution in [1.82, 2.24) is 18.5 Å². The van der Waals surface area contributed by atoms with Gasteiger partial charge in [-0.15, -0.1) is 11.3 Å². The fourth-order valence-electron chi connectivity index (χ4n) is 3.82. The van der Waals surface area contributed by atoms with E-state index >= 15 is 0 Å². The Morgan fingerprint density at radius 3 is 2.50 bits per heavy atom. The normalized spacial score (nSPS) is 24.3. The molecular formula is C19H26N4O5S2. The number of piperazine rings is 1. The Bertz CT molecular complexity index is 957. The highest BCUT2D eigenvalue weighted by atomic mass is 32.2. The Kier molecular flexibility index (Phi) is 6.26. The average molecular weight is 455 g/mol. The highest BCUT2D eigenvalue weighted by Gasteiger charge is 2.37. The SMILES string of the molecule is CC1CN(S(=O)(=O)N2CCN(C(=O)Cc3csc(-c4ccco4)n3)CC2)CC(C)O1. The van der Waals surface area contributed by atoms with Gasteiger partial charge < -0.3 is 14.1 Å². The van der Waals surface area contributed by atoms with Gasteiger partial charge in [0.2, 0.25) is 5.91 Å². The van der Waals surface area contributed by atoms with Gasteiger partial charge >= 0.3 is 0 Å². The van der Waals surface area contributed by atoms with Gasteiger partial charge in [-0.3, -0.25) is 4.79 Å². The van der Waals surface area contributed by atoms with Crippen LogP contribution in [0.2, 0.25) is 0 Å². The minimum absolute atomic E-state index is 0.0445. The van der Waals surface area contributed by atoms with Crippen molar-refractivity contribution in [3.63, 3.8) is 0 Å². The van der Waals surface area contributed by atoms with Crippen molar-refractivity contribution in [3.05, 3.63) is 29.5 Å². The summed E-state index contributed by atoms with van der Waals surface area (Å²) in [6, 6.07) is 3.63. The van der Waals surface area contributed by atoms with Crippen LogP contribution in [-0.4, -0.2) is 84.3 Å². The monoisotopic (exact) mass is 454 g/mol. The quantitative estimate of drug-likeness (QED) is 0.678. The zero-order valence-electron chi connectivity index (χ0n) is 17.1. The molecule has 2 aromatic heterocycles. The number of morpholine rings is 1. The van der Waals surface area contributed by atoms with E-state index < -0.39 is 10.2 Å². The van der Waals surface area contributed by atoms with E-state index in [4.69, 9.17) is 9.15 Å². The standard InChI is InChI=1S/C19H26N4O5S2/c1-14-11-23(12-15(2)28-14)30(25,26)22-7-5-21(6-8-22)18(24)10-16-13-29-19(20-16)17-4-3-9-27-17/h3-4,9,13-15H,5-8,10-12H2,1-2H3. The van der Waals surface area contributed by atoms with Crippen molar-refractivity contribution >= 4 is 27.5 Å². The lowest BCUT2D eigenvalue weighted by Crippen LogP contribution is -2.57. The van der Waals surface area contributed by atoms with Crippen molar-refractivity contribution in [1.29, 1.82) is 0 Å². The van der Waals surface area contributed by atoms with E-state index in [0.29, 0.717) is 50.7 Å². The lowest BCUT2D eigenvalue weighted by atomic mass is 10.2. The summed E-state index contributed by atoms with van der Waals surface area (Å²) < 4.78 is 39.9. The molecule has 2 aromatic rings. The summed E-state index contributed by atoms with van der Waals surface area (Å²) in [5, 5.41) is 2.60. The molecule has 4 rings (SSSR count).